The van der Waals surface area contributed by atoms with Crippen molar-refractivity contribution in [3.05, 3.63) is 24.3 Å². The monoisotopic (exact) mass is 160 g/mol. The SMILES string of the molecule is FCC1C=CCC=CC1Cl. The van der Waals surface area contributed by atoms with Crippen molar-refractivity contribution < 1.29 is 4.39 Å². The molecule has 2 atom stereocenters. The Kier molecular flexibility index (Phi) is 2.94. The molecule has 0 aliphatic heterocycles. The van der Waals surface area contributed by atoms with Crippen molar-refractivity contribution in [3.8, 4) is 0 Å². The normalized spacial score (nSPS) is 32.2. The first-order valence-corrected chi connectivity index (χ1v) is 3.81. The predicted molar refractivity (Wildman–Crippen MR) is 42.0 cm³/mol. The summed E-state index contributed by atoms with van der Waals surface area (Å²) in [4.78, 5) is 0. The van der Waals surface area contributed by atoms with Crippen LogP contribution in [0.3, 0.4) is 0 Å². The molecule has 0 bridgehead atoms. The van der Waals surface area contributed by atoms with Gasteiger partial charge in [-0.3, -0.25) is 4.39 Å². The van der Waals surface area contributed by atoms with Gasteiger partial charge in [-0.05, 0) is 6.42 Å². The average Bonchev–Trinajstić information content (AvgIpc) is 2.13. The summed E-state index contributed by atoms with van der Waals surface area (Å²) in [6, 6.07) is 0. The molecule has 0 amide bonds. The van der Waals surface area contributed by atoms with Crippen LogP contribution in [0.2, 0.25) is 0 Å². The largest absolute Gasteiger partial charge is 0.250 e. The molecule has 10 heavy (non-hydrogen) atoms. The van der Waals surface area contributed by atoms with Gasteiger partial charge < -0.3 is 0 Å². The van der Waals surface area contributed by atoms with Crippen molar-refractivity contribution >= 4 is 11.6 Å². The van der Waals surface area contributed by atoms with Crippen LogP contribution in [0.1, 0.15) is 6.42 Å². The third kappa shape index (κ3) is 1.84. The van der Waals surface area contributed by atoms with E-state index >= 15 is 0 Å². The summed E-state index contributed by atoms with van der Waals surface area (Å²) < 4.78 is 12.1. The number of alkyl halides is 2. The smallest absolute Gasteiger partial charge is 0.0974 e. The predicted octanol–water partition coefficient (Wildman–Crippen LogP) is 2.70. The van der Waals surface area contributed by atoms with Crippen LogP contribution in [0.25, 0.3) is 0 Å². The van der Waals surface area contributed by atoms with Crippen molar-refractivity contribution in [1.82, 2.24) is 0 Å². The van der Waals surface area contributed by atoms with Crippen LogP contribution >= 0.6 is 11.6 Å². The van der Waals surface area contributed by atoms with Crippen LogP contribution in [0.5, 0.6) is 0 Å². The van der Waals surface area contributed by atoms with E-state index in [0.717, 1.165) is 6.42 Å². The van der Waals surface area contributed by atoms with Gasteiger partial charge in [0.2, 0.25) is 0 Å². The highest BCUT2D eigenvalue weighted by atomic mass is 35.5. The minimum atomic E-state index is -0.366. The minimum absolute atomic E-state index is 0.125. The number of hydrogen-bond donors (Lipinski definition) is 0. The average molecular weight is 161 g/mol. The molecule has 56 valence electrons. The summed E-state index contributed by atoms with van der Waals surface area (Å²) in [6.45, 7) is -0.366. The van der Waals surface area contributed by atoms with Gasteiger partial charge in [-0.1, -0.05) is 24.3 Å². The molecule has 0 aromatic carbocycles. The first-order chi connectivity index (χ1) is 4.84. The minimum Gasteiger partial charge on any atom is -0.250 e. The third-order valence-corrected chi connectivity index (χ3v) is 2.03. The van der Waals surface area contributed by atoms with Gasteiger partial charge in [0, 0.05) is 5.92 Å². The molecule has 2 heteroatoms. The van der Waals surface area contributed by atoms with Gasteiger partial charge in [0.05, 0.1) is 12.1 Å². The molecule has 0 saturated heterocycles. The zero-order chi connectivity index (χ0) is 7.40. The standard InChI is InChI=1S/C8H10ClF/c9-8-5-3-1-2-4-7(8)6-10/h2-5,7-8H,1,6H2. The third-order valence-electron chi connectivity index (χ3n) is 1.56. The van der Waals surface area contributed by atoms with Crippen molar-refractivity contribution in [1.29, 1.82) is 0 Å². The molecule has 1 aliphatic carbocycles. The van der Waals surface area contributed by atoms with Gasteiger partial charge >= 0.3 is 0 Å². The van der Waals surface area contributed by atoms with Crippen molar-refractivity contribution in [2.45, 2.75) is 11.8 Å². The van der Waals surface area contributed by atoms with Gasteiger partial charge in [-0.15, -0.1) is 11.6 Å². The number of rotatable bonds is 1. The fourth-order valence-corrected chi connectivity index (χ4v) is 1.18. The summed E-state index contributed by atoms with van der Waals surface area (Å²) >= 11 is 5.81. The summed E-state index contributed by atoms with van der Waals surface area (Å²) in [6.07, 6.45) is 8.48. The topological polar surface area (TPSA) is 0 Å². The van der Waals surface area contributed by atoms with E-state index in [0.29, 0.717) is 0 Å². The lowest BCUT2D eigenvalue weighted by atomic mass is 10.1. The number of hydrogen-bond acceptors (Lipinski definition) is 0. The quantitative estimate of drug-likeness (QED) is 0.409. The Bertz CT molecular complexity index is 151. The lowest BCUT2D eigenvalue weighted by Crippen LogP contribution is -2.10. The van der Waals surface area contributed by atoms with Gasteiger partial charge in [0.1, 0.15) is 0 Å². The van der Waals surface area contributed by atoms with Crippen LogP contribution < -0.4 is 0 Å². The van der Waals surface area contributed by atoms with Gasteiger partial charge in [0.25, 0.3) is 0 Å². The van der Waals surface area contributed by atoms with Crippen molar-refractivity contribution in [3.63, 3.8) is 0 Å². The molecule has 0 radical (unpaired) electrons. The fraction of sp³-hybridized carbons (Fsp3) is 0.500. The molecule has 1 aliphatic rings. The summed E-state index contributed by atoms with van der Waals surface area (Å²) in [7, 11) is 0. The van der Waals surface area contributed by atoms with E-state index in [4.69, 9.17) is 11.6 Å². The molecule has 0 aromatic heterocycles. The Morgan fingerprint density at radius 2 is 2.10 bits per heavy atom. The van der Waals surface area contributed by atoms with Crippen molar-refractivity contribution in [2.24, 2.45) is 5.92 Å². The molecule has 0 saturated carbocycles. The van der Waals surface area contributed by atoms with Crippen LogP contribution in [0.4, 0.5) is 4.39 Å². The molecule has 0 fully saturated rings. The second-order valence-corrected chi connectivity index (χ2v) is 2.86. The lowest BCUT2D eigenvalue weighted by Gasteiger charge is -2.09. The van der Waals surface area contributed by atoms with E-state index in [9.17, 15) is 4.39 Å². The van der Waals surface area contributed by atoms with E-state index in [1.54, 1.807) is 0 Å². The van der Waals surface area contributed by atoms with E-state index in [1.165, 1.54) is 0 Å². The first kappa shape index (κ1) is 7.80. The highest BCUT2D eigenvalue weighted by molar-refractivity contribution is 6.22. The summed E-state index contributed by atoms with van der Waals surface area (Å²) in [5.74, 6) is -0.125. The zero-order valence-electron chi connectivity index (χ0n) is 5.63. The highest BCUT2D eigenvalue weighted by Crippen LogP contribution is 2.17. The zero-order valence-corrected chi connectivity index (χ0v) is 6.39. The fourth-order valence-electron chi connectivity index (χ4n) is 0.926. The van der Waals surface area contributed by atoms with Crippen LogP contribution in [0.15, 0.2) is 24.3 Å². The Hall–Kier alpha value is -0.300. The van der Waals surface area contributed by atoms with E-state index in [1.807, 2.05) is 24.3 Å². The highest BCUT2D eigenvalue weighted by Gasteiger charge is 2.13. The summed E-state index contributed by atoms with van der Waals surface area (Å²) in [5, 5.41) is -0.163. The lowest BCUT2D eigenvalue weighted by molar-refractivity contribution is 0.416. The van der Waals surface area contributed by atoms with Gasteiger partial charge in [-0.25, -0.2) is 0 Å². The Morgan fingerprint density at radius 1 is 1.40 bits per heavy atom. The first-order valence-electron chi connectivity index (χ1n) is 3.38. The summed E-state index contributed by atoms with van der Waals surface area (Å²) in [5.41, 5.74) is 0. The molecule has 0 heterocycles. The molecule has 0 N–H and O–H groups in total. The molecule has 1 rings (SSSR count). The number of allylic oxidation sites excluding steroid dienone is 4. The van der Waals surface area contributed by atoms with Gasteiger partial charge in [0.15, 0.2) is 0 Å². The van der Waals surface area contributed by atoms with Crippen LogP contribution in [-0.4, -0.2) is 12.1 Å². The number of halogens is 2. The van der Waals surface area contributed by atoms with Crippen LogP contribution in [0, 0.1) is 5.92 Å². The van der Waals surface area contributed by atoms with E-state index in [2.05, 4.69) is 0 Å². The maximum Gasteiger partial charge on any atom is 0.0974 e. The molecule has 0 spiro atoms. The van der Waals surface area contributed by atoms with E-state index < -0.39 is 0 Å². The molecule has 2 unspecified atom stereocenters. The Labute approximate surface area is 65.4 Å². The van der Waals surface area contributed by atoms with Crippen LogP contribution in [-0.2, 0) is 0 Å². The second-order valence-electron chi connectivity index (χ2n) is 2.35. The molecular formula is C8H10ClF. The van der Waals surface area contributed by atoms with Crippen molar-refractivity contribution in [2.75, 3.05) is 6.67 Å². The Morgan fingerprint density at radius 3 is 2.80 bits per heavy atom. The van der Waals surface area contributed by atoms with Gasteiger partial charge in [-0.2, -0.15) is 0 Å². The Balaban J connectivity index is 2.60. The maximum absolute atomic E-state index is 12.1. The molecule has 0 nitrogen and oxygen atoms in total. The molecule has 0 aromatic rings. The molecular weight excluding hydrogens is 151 g/mol. The maximum atomic E-state index is 12.1. The second kappa shape index (κ2) is 3.77. The van der Waals surface area contributed by atoms with E-state index in [-0.39, 0.29) is 18.0 Å².